The summed E-state index contributed by atoms with van der Waals surface area (Å²) in [4.78, 5) is 18.9. The van der Waals surface area contributed by atoms with Gasteiger partial charge >= 0.3 is 6.18 Å². The largest absolute Gasteiger partial charge is 0.416 e. The Bertz CT molecular complexity index is 816. The van der Waals surface area contributed by atoms with Gasteiger partial charge in [0, 0.05) is 19.6 Å². The maximum absolute atomic E-state index is 13.1. The van der Waals surface area contributed by atoms with Crippen molar-refractivity contribution in [3.05, 3.63) is 23.8 Å². The third-order valence-electron chi connectivity index (χ3n) is 4.44. The van der Waals surface area contributed by atoms with Crippen molar-refractivity contribution >= 4 is 28.7 Å². The quantitative estimate of drug-likeness (QED) is 0.715. The standard InChI is InChI=1S/C18H22F3N3O2S/c1-3-6-24-15-11-13(18(19,20)21)4-5-14(15)22-17(24)27-12(2)16(25)23-7-9-26-10-8-23/h4-5,11-12H,3,6-10H2,1-2H3. The molecule has 1 fully saturated rings. The van der Waals surface area contributed by atoms with Crippen molar-refractivity contribution in [3.63, 3.8) is 0 Å². The average molecular weight is 401 g/mol. The maximum Gasteiger partial charge on any atom is 0.416 e. The minimum Gasteiger partial charge on any atom is -0.378 e. The van der Waals surface area contributed by atoms with Crippen LogP contribution in [0.15, 0.2) is 23.4 Å². The van der Waals surface area contributed by atoms with Gasteiger partial charge in [-0.05, 0) is 31.5 Å². The molecule has 1 unspecified atom stereocenters. The lowest BCUT2D eigenvalue weighted by Crippen LogP contribution is -2.44. The summed E-state index contributed by atoms with van der Waals surface area (Å²) in [5.74, 6) is -0.00520. The van der Waals surface area contributed by atoms with Gasteiger partial charge in [-0.25, -0.2) is 4.98 Å². The van der Waals surface area contributed by atoms with E-state index < -0.39 is 11.7 Å². The Morgan fingerprint density at radius 1 is 1.33 bits per heavy atom. The monoisotopic (exact) mass is 401 g/mol. The molecule has 0 bridgehead atoms. The molecule has 0 aliphatic carbocycles. The molecule has 148 valence electrons. The summed E-state index contributed by atoms with van der Waals surface area (Å²) < 4.78 is 46.2. The molecule has 27 heavy (non-hydrogen) atoms. The van der Waals surface area contributed by atoms with Crippen LogP contribution in [0.3, 0.4) is 0 Å². The number of carbonyl (C=O) groups excluding carboxylic acids is 1. The van der Waals surface area contributed by atoms with E-state index in [1.165, 1.54) is 17.8 Å². The molecule has 5 nitrogen and oxygen atoms in total. The SMILES string of the molecule is CCCn1c(SC(C)C(=O)N2CCOCC2)nc2ccc(C(F)(F)F)cc21. The van der Waals surface area contributed by atoms with Crippen LogP contribution in [0.1, 0.15) is 25.8 Å². The van der Waals surface area contributed by atoms with E-state index in [-0.39, 0.29) is 11.2 Å². The zero-order valence-corrected chi connectivity index (χ0v) is 16.1. The van der Waals surface area contributed by atoms with Crippen LogP contribution in [0.5, 0.6) is 0 Å². The number of hydrogen-bond donors (Lipinski definition) is 0. The lowest BCUT2D eigenvalue weighted by Gasteiger charge is -2.29. The molecule has 1 aliphatic heterocycles. The Hall–Kier alpha value is -1.74. The highest BCUT2D eigenvalue weighted by atomic mass is 32.2. The van der Waals surface area contributed by atoms with Gasteiger partial charge < -0.3 is 14.2 Å². The first-order valence-corrected chi connectivity index (χ1v) is 9.80. The summed E-state index contributed by atoms with van der Waals surface area (Å²) in [6.07, 6.45) is -3.65. The molecular formula is C18H22F3N3O2S. The molecule has 1 aromatic carbocycles. The second kappa shape index (κ2) is 8.10. The van der Waals surface area contributed by atoms with E-state index in [0.29, 0.717) is 49.0 Å². The van der Waals surface area contributed by atoms with E-state index in [4.69, 9.17) is 4.74 Å². The van der Waals surface area contributed by atoms with Crippen LogP contribution in [0, 0.1) is 0 Å². The van der Waals surface area contributed by atoms with Crippen LogP contribution in [0.25, 0.3) is 11.0 Å². The lowest BCUT2D eigenvalue weighted by molar-refractivity contribution is -0.137. The van der Waals surface area contributed by atoms with Gasteiger partial charge in [-0.2, -0.15) is 13.2 Å². The number of thioether (sulfide) groups is 1. The predicted molar refractivity (Wildman–Crippen MR) is 97.7 cm³/mol. The summed E-state index contributed by atoms with van der Waals surface area (Å²) in [6, 6.07) is 3.57. The summed E-state index contributed by atoms with van der Waals surface area (Å²) in [5.41, 5.74) is 0.256. The number of aryl methyl sites for hydroxylation is 1. The minimum absolute atomic E-state index is 0.00520. The molecule has 3 rings (SSSR count). The van der Waals surface area contributed by atoms with Gasteiger partial charge in [0.05, 0.1) is 35.1 Å². The number of morpholine rings is 1. The molecule has 1 saturated heterocycles. The molecule has 0 radical (unpaired) electrons. The molecule has 0 N–H and O–H groups in total. The van der Waals surface area contributed by atoms with Gasteiger partial charge in [-0.15, -0.1) is 0 Å². The number of ether oxygens (including phenoxy) is 1. The van der Waals surface area contributed by atoms with Crippen LogP contribution < -0.4 is 0 Å². The van der Waals surface area contributed by atoms with Crippen LogP contribution in [-0.2, 0) is 22.3 Å². The Morgan fingerprint density at radius 2 is 2.04 bits per heavy atom. The number of benzene rings is 1. The minimum atomic E-state index is -4.40. The van der Waals surface area contributed by atoms with E-state index in [1.54, 1.807) is 16.4 Å². The van der Waals surface area contributed by atoms with E-state index >= 15 is 0 Å². The Balaban J connectivity index is 1.88. The summed E-state index contributed by atoms with van der Waals surface area (Å²) in [7, 11) is 0. The predicted octanol–water partition coefficient (Wildman–Crippen LogP) is 3.80. The number of fused-ring (bicyclic) bond motifs is 1. The van der Waals surface area contributed by atoms with Crippen molar-refractivity contribution < 1.29 is 22.7 Å². The van der Waals surface area contributed by atoms with Gasteiger partial charge in [0.2, 0.25) is 5.91 Å². The molecular weight excluding hydrogens is 379 g/mol. The molecule has 1 atom stereocenters. The third kappa shape index (κ3) is 4.40. The average Bonchev–Trinajstić information content (AvgIpc) is 2.98. The normalized spacial score (nSPS) is 16.7. The highest BCUT2D eigenvalue weighted by Crippen LogP contribution is 2.34. The van der Waals surface area contributed by atoms with E-state index in [9.17, 15) is 18.0 Å². The van der Waals surface area contributed by atoms with E-state index in [2.05, 4.69) is 4.98 Å². The molecule has 1 amide bonds. The van der Waals surface area contributed by atoms with Crippen molar-refractivity contribution in [1.29, 1.82) is 0 Å². The van der Waals surface area contributed by atoms with Crippen molar-refractivity contribution in [3.8, 4) is 0 Å². The van der Waals surface area contributed by atoms with Gasteiger partial charge in [0.1, 0.15) is 0 Å². The highest BCUT2D eigenvalue weighted by Gasteiger charge is 2.31. The number of imidazole rings is 1. The molecule has 0 spiro atoms. The molecule has 9 heteroatoms. The molecule has 1 aromatic heterocycles. The molecule has 1 aliphatic rings. The summed E-state index contributed by atoms with van der Waals surface area (Å²) in [6.45, 7) is 6.47. The number of rotatable bonds is 5. The van der Waals surface area contributed by atoms with Gasteiger partial charge in [0.15, 0.2) is 5.16 Å². The smallest absolute Gasteiger partial charge is 0.378 e. The van der Waals surface area contributed by atoms with E-state index in [1.807, 2.05) is 6.92 Å². The van der Waals surface area contributed by atoms with Crippen LogP contribution in [-0.4, -0.2) is 51.9 Å². The lowest BCUT2D eigenvalue weighted by atomic mass is 10.2. The number of amides is 1. The number of hydrogen-bond acceptors (Lipinski definition) is 4. The Morgan fingerprint density at radius 3 is 2.67 bits per heavy atom. The van der Waals surface area contributed by atoms with Crippen molar-refractivity contribution in [2.24, 2.45) is 0 Å². The number of alkyl halides is 3. The van der Waals surface area contributed by atoms with Gasteiger partial charge in [-0.1, -0.05) is 18.7 Å². The number of carbonyl (C=O) groups is 1. The highest BCUT2D eigenvalue weighted by molar-refractivity contribution is 8.00. The Labute approximate surface area is 159 Å². The second-order valence-electron chi connectivity index (χ2n) is 6.45. The van der Waals surface area contributed by atoms with Crippen LogP contribution in [0.4, 0.5) is 13.2 Å². The topological polar surface area (TPSA) is 47.4 Å². The number of aromatic nitrogens is 2. The van der Waals surface area contributed by atoms with Crippen LogP contribution in [0.2, 0.25) is 0 Å². The zero-order valence-electron chi connectivity index (χ0n) is 15.3. The third-order valence-corrected chi connectivity index (χ3v) is 5.52. The summed E-state index contributed by atoms with van der Waals surface area (Å²) in [5, 5.41) is 0.192. The Kier molecular flexibility index (Phi) is 6.00. The van der Waals surface area contributed by atoms with Crippen LogP contribution >= 0.6 is 11.8 Å². The molecule has 2 heterocycles. The maximum atomic E-state index is 13.1. The summed E-state index contributed by atoms with van der Waals surface area (Å²) >= 11 is 1.29. The fourth-order valence-electron chi connectivity index (χ4n) is 3.06. The molecule has 2 aromatic rings. The second-order valence-corrected chi connectivity index (χ2v) is 7.75. The fraction of sp³-hybridized carbons (Fsp3) is 0.556. The first-order valence-electron chi connectivity index (χ1n) is 8.92. The number of nitrogens with zero attached hydrogens (tertiary/aromatic N) is 3. The van der Waals surface area contributed by atoms with E-state index in [0.717, 1.165) is 18.6 Å². The molecule has 0 saturated carbocycles. The van der Waals surface area contributed by atoms with Gasteiger partial charge in [0.25, 0.3) is 0 Å². The van der Waals surface area contributed by atoms with Crippen molar-refractivity contribution in [2.45, 2.75) is 43.4 Å². The van der Waals surface area contributed by atoms with Gasteiger partial charge in [-0.3, -0.25) is 4.79 Å². The van der Waals surface area contributed by atoms with Crippen molar-refractivity contribution in [2.75, 3.05) is 26.3 Å². The fourth-order valence-corrected chi connectivity index (χ4v) is 4.09. The first kappa shape index (κ1) is 20.0. The first-order chi connectivity index (χ1) is 12.8. The number of halogens is 3. The van der Waals surface area contributed by atoms with Crippen molar-refractivity contribution in [1.82, 2.24) is 14.5 Å². The zero-order chi connectivity index (χ0) is 19.6.